The van der Waals surface area contributed by atoms with Crippen molar-refractivity contribution in [1.29, 1.82) is 0 Å². The normalized spacial score (nSPS) is 16.9. The highest BCUT2D eigenvalue weighted by Crippen LogP contribution is 2.37. The van der Waals surface area contributed by atoms with E-state index < -0.39 is 12.1 Å². The zero-order valence-corrected chi connectivity index (χ0v) is 44.6. The summed E-state index contributed by atoms with van der Waals surface area (Å²) in [6.07, 6.45) is 8.09. The minimum absolute atomic E-state index is 0.0676. The maximum Gasteiger partial charge on any atom is 0.267 e. The third-order valence-electron chi connectivity index (χ3n) is 13.5. The molecule has 4 amide bonds. The third-order valence-corrected chi connectivity index (χ3v) is 15.7. The molecule has 0 bridgehead atoms. The van der Waals surface area contributed by atoms with E-state index in [0.717, 1.165) is 50.5 Å². The van der Waals surface area contributed by atoms with Gasteiger partial charge in [0, 0.05) is 49.7 Å². The second-order valence-electron chi connectivity index (χ2n) is 18.6. The number of ketones is 1. The summed E-state index contributed by atoms with van der Waals surface area (Å²) in [4.78, 5) is 91.3. The van der Waals surface area contributed by atoms with Crippen LogP contribution >= 0.6 is 34.3 Å². The lowest BCUT2D eigenvalue weighted by molar-refractivity contribution is -0.139. The standard InChI is InChI=1S/C52H64ClN11O8S2/c1-32-11-8-16-38(53)45(32)60-49(68)41-29-55-52(74-41)59-42-28-43(57-34(3)56-42)62-19-21-63(22-20-62)44(65)30-71-24-23-70-25-26-72-37-15-9-14-36(27-37)47(66)39-31-73-50(58-39)40-17-10-18-64(40)51(69)46(35-12-6-5-7-13-35)61-48(67)33(2)54-4/h8-9,11,14-16,27-29,31,33,35,40,46,54H,5-7,10,12-13,17-26,30H2,1-4H3,(H,60,68)(H,61,67)(H,55,56,57,59)/t33?,40-,46-/m0/s1. The number of halogens is 1. The van der Waals surface area contributed by atoms with Crippen molar-refractivity contribution in [3.8, 4) is 5.75 Å². The predicted octanol–water partition coefficient (Wildman–Crippen LogP) is 6.98. The van der Waals surface area contributed by atoms with Gasteiger partial charge < -0.3 is 50.2 Å². The average molecular weight is 1070 g/mol. The lowest BCUT2D eigenvalue weighted by Gasteiger charge is -2.35. The SMILES string of the molecule is CNC(C)C(=O)N[C@H](C(=O)N1CCC[C@H]1c1nc(C(=O)c2cccc(OCCOCCOCC(=O)N3CCN(c4cc(Nc5ncc(C(=O)Nc6c(C)cccc6Cl)s5)nc(C)n4)CC3)c2)cs1)C1CCCCC1. The molecule has 5 heterocycles. The Morgan fingerprint density at radius 1 is 0.865 bits per heavy atom. The average Bonchev–Trinajstić information content (AvgIpc) is 4.22. The fraction of sp³-hybridized carbons (Fsp3) is 0.481. The topological polar surface area (TPSA) is 222 Å². The number of likely N-dealkylation sites (N-methyl/N-ethyl adjacent to an activating group) is 1. The molecule has 74 heavy (non-hydrogen) atoms. The zero-order chi connectivity index (χ0) is 52.1. The number of carbonyl (C=O) groups is 5. The van der Waals surface area contributed by atoms with E-state index in [-0.39, 0.29) is 74.4 Å². The first kappa shape index (κ1) is 54.2. The summed E-state index contributed by atoms with van der Waals surface area (Å²) in [6.45, 7) is 9.12. The molecule has 22 heteroatoms. The van der Waals surface area contributed by atoms with Gasteiger partial charge in [-0.25, -0.2) is 19.9 Å². The lowest BCUT2D eigenvalue weighted by atomic mass is 9.83. The fourth-order valence-electron chi connectivity index (χ4n) is 9.31. The van der Waals surface area contributed by atoms with E-state index in [1.807, 2.05) is 30.0 Å². The van der Waals surface area contributed by atoms with Crippen LogP contribution in [0.1, 0.15) is 100 Å². The van der Waals surface area contributed by atoms with Gasteiger partial charge in [-0.05, 0) is 83.2 Å². The summed E-state index contributed by atoms with van der Waals surface area (Å²) in [5.74, 6) is 1.48. The summed E-state index contributed by atoms with van der Waals surface area (Å²) in [6, 6.07) is 12.9. The number of benzene rings is 2. The number of hydrogen-bond acceptors (Lipinski definition) is 17. The number of likely N-dealkylation sites (tertiary alicyclic amines) is 1. The van der Waals surface area contributed by atoms with Crippen LogP contribution in [0.25, 0.3) is 0 Å². The second kappa shape index (κ2) is 25.9. The molecular formula is C52H64ClN11O8S2. The number of amides is 4. The van der Waals surface area contributed by atoms with Crippen LogP contribution < -0.4 is 30.9 Å². The van der Waals surface area contributed by atoms with Crippen molar-refractivity contribution in [3.05, 3.63) is 97.7 Å². The molecule has 8 rings (SSSR count). The van der Waals surface area contributed by atoms with Crippen molar-refractivity contribution in [2.75, 3.05) is 88.3 Å². The number of thiazole rings is 2. The molecule has 4 N–H and O–H groups in total. The largest absolute Gasteiger partial charge is 0.491 e. The molecule has 3 aliphatic rings. The summed E-state index contributed by atoms with van der Waals surface area (Å²) >= 11 is 8.87. The molecular weight excluding hydrogens is 1010 g/mol. The molecule has 2 saturated heterocycles. The van der Waals surface area contributed by atoms with Crippen LogP contribution in [0.5, 0.6) is 5.75 Å². The highest BCUT2D eigenvalue weighted by Gasteiger charge is 2.40. The number of aromatic nitrogens is 4. The summed E-state index contributed by atoms with van der Waals surface area (Å²) in [5.41, 5.74) is 2.16. The van der Waals surface area contributed by atoms with E-state index in [0.29, 0.717) is 92.9 Å². The number of piperazine rings is 1. The first-order chi connectivity index (χ1) is 35.8. The van der Waals surface area contributed by atoms with Gasteiger partial charge in [-0.15, -0.1) is 11.3 Å². The van der Waals surface area contributed by atoms with E-state index in [4.69, 9.17) is 30.8 Å². The number of anilines is 4. The van der Waals surface area contributed by atoms with E-state index in [9.17, 15) is 24.0 Å². The number of ether oxygens (including phenoxy) is 3. The maximum atomic E-state index is 14.2. The second-order valence-corrected chi connectivity index (χ2v) is 20.9. The van der Waals surface area contributed by atoms with Crippen LogP contribution in [-0.4, -0.2) is 144 Å². The number of rotatable bonds is 22. The smallest absolute Gasteiger partial charge is 0.267 e. The monoisotopic (exact) mass is 1070 g/mol. The van der Waals surface area contributed by atoms with Crippen LogP contribution in [0.3, 0.4) is 0 Å². The van der Waals surface area contributed by atoms with E-state index in [2.05, 4.69) is 41.1 Å². The lowest BCUT2D eigenvalue weighted by Crippen LogP contribution is -2.55. The van der Waals surface area contributed by atoms with Crippen molar-refractivity contribution in [1.82, 2.24) is 40.4 Å². The van der Waals surface area contributed by atoms with Gasteiger partial charge in [-0.3, -0.25) is 24.0 Å². The molecule has 0 radical (unpaired) electrons. The molecule has 3 atom stereocenters. The number of para-hydroxylation sites is 1. The Morgan fingerprint density at radius 3 is 2.42 bits per heavy atom. The molecule has 0 spiro atoms. The van der Waals surface area contributed by atoms with Crippen LogP contribution in [0.15, 0.2) is 60.1 Å². The highest BCUT2D eigenvalue weighted by molar-refractivity contribution is 7.17. The van der Waals surface area contributed by atoms with Gasteiger partial charge in [0.05, 0.1) is 48.8 Å². The summed E-state index contributed by atoms with van der Waals surface area (Å²) in [5, 5.41) is 15.5. The highest BCUT2D eigenvalue weighted by atomic mass is 35.5. The maximum absolute atomic E-state index is 14.2. The first-order valence-electron chi connectivity index (χ1n) is 25.2. The Morgan fingerprint density at radius 2 is 1.64 bits per heavy atom. The van der Waals surface area contributed by atoms with Crippen LogP contribution in [0, 0.1) is 19.8 Å². The Kier molecular flexibility index (Phi) is 19.0. The fourth-order valence-corrected chi connectivity index (χ4v) is 11.2. The summed E-state index contributed by atoms with van der Waals surface area (Å²) in [7, 11) is 1.73. The number of hydrogen-bond donors (Lipinski definition) is 4. The Hall–Kier alpha value is -6.10. The molecule has 1 unspecified atom stereocenters. The quantitative estimate of drug-likeness (QED) is 0.0405. The molecule has 3 aromatic heterocycles. The molecule has 394 valence electrons. The van der Waals surface area contributed by atoms with Crippen LogP contribution in [0.4, 0.5) is 22.5 Å². The summed E-state index contributed by atoms with van der Waals surface area (Å²) < 4.78 is 17.3. The Labute approximate surface area is 444 Å². The van der Waals surface area contributed by atoms with Crippen LogP contribution in [-0.2, 0) is 23.9 Å². The van der Waals surface area contributed by atoms with E-state index in [1.165, 1.54) is 28.9 Å². The molecule has 3 fully saturated rings. The molecule has 19 nitrogen and oxygen atoms in total. The first-order valence-corrected chi connectivity index (χ1v) is 27.3. The van der Waals surface area contributed by atoms with Gasteiger partial charge in [-0.2, -0.15) is 0 Å². The van der Waals surface area contributed by atoms with Gasteiger partial charge in [0.25, 0.3) is 5.91 Å². The predicted molar refractivity (Wildman–Crippen MR) is 285 cm³/mol. The zero-order valence-electron chi connectivity index (χ0n) is 42.2. The molecule has 1 aliphatic carbocycles. The number of nitrogens with zero attached hydrogens (tertiary/aromatic N) is 7. The van der Waals surface area contributed by atoms with E-state index >= 15 is 0 Å². The molecule has 2 aliphatic heterocycles. The van der Waals surface area contributed by atoms with Crippen molar-refractivity contribution in [2.24, 2.45) is 5.92 Å². The van der Waals surface area contributed by atoms with Crippen molar-refractivity contribution in [3.63, 3.8) is 0 Å². The Balaban J connectivity index is 0.725. The van der Waals surface area contributed by atoms with Gasteiger partial charge in [-0.1, -0.05) is 66.5 Å². The minimum atomic E-state index is -0.594. The van der Waals surface area contributed by atoms with Crippen molar-refractivity contribution in [2.45, 2.75) is 83.8 Å². The molecule has 2 aromatic carbocycles. The minimum Gasteiger partial charge on any atom is -0.491 e. The number of carbonyl (C=O) groups excluding carboxylic acids is 5. The Bertz CT molecular complexity index is 2740. The van der Waals surface area contributed by atoms with E-state index in [1.54, 1.807) is 61.5 Å². The van der Waals surface area contributed by atoms with Gasteiger partial charge in [0.1, 0.15) is 58.0 Å². The van der Waals surface area contributed by atoms with Gasteiger partial charge in [0.2, 0.25) is 23.5 Å². The third kappa shape index (κ3) is 14.0. The van der Waals surface area contributed by atoms with Gasteiger partial charge in [0.15, 0.2) is 5.13 Å². The van der Waals surface area contributed by atoms with Crippen LogP contribution in [0.2, 0.25) is 5.02 Å². The molecule has 1 saturated carbocycles. The molecule has 5 aromatic rings. The number of aryl methyl sites for hydroxylation is 2. The van der Waals surface area contributed by atoms with Crippen molar-refractivity contribution < 1.29 is 38.2 Å². The van der Waals surface area contributed by atoms with Gasteiger partial charge >= 0.3 is 0 Å². The number of nitrogens with one attached hydrogen (secondary N) is 4. The van der Waals surface area contributed by atoms with Crippen molar-refractivity contribution >= 4 is 86.1 Å².